The third kappa shape index (κ3) is 1.11. The molecule has 0 radical (unpaired) electrons. The molecule has 0 amide bonds. The van der Waals surface area contributed by atoms with Crippen molar-refractivity contribution in [2.24, 2.45) is 0 Å². The van der Waals surface area contributed by atoms with Crippen LogP contribution in [0.5, 0.6) is 0 Å². The predicted octanol–water partition coefficient (Wildman–Crippen LogP) is 0.931. The topological polar surface area (TPSA) is 32.9 Å². The van der Waals surface area contributed by atoms with Crippen LogP contribution in [0.2, 0.25) is 0 Å². The molecule has 0 aliphatic carbocycles. The number of aromatic amines is 1. The molecule has 1 aromatic heterocycles. The lowest BCUT2D eigenvalue weighted by molar-refractivity contribution is 0.398. The number of hydrogen-bond donors (Lipinski definition) is 1. The number of pyridine rings is 1. The van der Waals surface area contributed by atoms with E-state index in [1.54, 1.807) is 0 Å². The lowest BCUT2D eigenvalue weighted by atomic mass is 10.4. The predicted molar refractivity (Wildman–Crippen MR) is 26.9 cm³/mol. The standard InChI is InChI=1S/C5HF4NO/c6-1-3(11)2(7)5(9)10-4(1)8/h(H,10,11). The summed E-state index contributed by atoms with van der Waals surface area (Å²) in [5.74, 6) is -7.53. The Balaban J connectivity index is 3.59. The normalized spacial score (nSPS) is 10.2. The molecule has 1 aromatic rings. The van der Waals surface area contributed by atoms with Crippen LogP contribution < -0.4 is 5.43 Å². The summed E-state index contributed by atoms with van der Waals surface area (Å²) >= 11 is 0. The van der Waals surface area contributed by atoms with Crippen LogP contribution in [0.1, 0.15) is 0 Å². The summed E-state index contributed by atoms with van der Waals surface area (Å²) in [7, 11) is 0. The largest absolute Gasteiger partial charge is 0.303 e. The number of aromatic nitrogens is 1. The summed E-state index contributed by atoms with van der Waals surface area (Å²) in [5.41, 5.74) is -1.92. The zero-order chi connectivity index (χ0) is 8.59. The van der Waals surface area contributed by atoms with Crippen molar-refractivity contribution in [2.75, 3.05) is 0 Å². The Morgan fingerprint density at radius 3 is 1.64 bits per heavy atom. The zero-order valence-corrected chi connectivity index (χ0v) is 4.92. The smallest absolute Gasteiger partial charge is 0.259 e. The van der Waals surface area contributed by atoms with E-state index < -0.39 is 29.0 Å². The van der Waals surface area contributed by atoms with Gasteiger partial charge in [0.2, 0.25) is 23.5 Å². The molecule has 11 heavy (non-hydrogen) atoms. The van der Waals surface area contributed by atoms with Crippen LogP contribution in [-0.4, -0.2) is 4.98 Å². The molecule has 1 heterocycles. The van der Waals surface area contributed by atoms with Crippen molar-refractivity contribution in [1.29, 1.82) is 0 Å². The number of halogens is 4. The first kappa shape index (κ1) is 7.77. The van der Waals surface area contributed by atoms with Crippen LogP contribution in [0.15, 0.2) is 4.79 Å². The Labute approximate surface area is 57.5 Å². The third-order valence-electron chi connectivity index (χ3n) is 1.00. The molecule has 0 saturated carbocycles. The number of rotatable bonds is 0. The van der Waals surface area contributed by atoms with Gasteiger partial charge in [-0.15, -0.1) is 0 Å². The molecule has 1 rings (SSSR count). The van der Waals surface area contributed by atoms with Gasteiger partial charge >= 0.3 is 0 Å². The molecule has 6 heteroatoms. The van der Waals surface area contributed by atoms with Crippen molar-refractivity contribution in [3.8, 4) is 0 Å². The van der Waals surface area contributed by atoms with E-state index in [-0.39, 0.29) is 0 Å². The first-order valence-electron chi connectivity index (χ1n) is 2.46. The Hall–Kier alpha value is -1.33. The minimum Gasteiger partial charge on any atom is -0.303 e. The van der Waals surface area contributed by atoms with Gasteiger partial charge in [-0.25, -0.2) is 0 Å². The molecular weight excluding hydrogens is 166 g/mol. The van der Waals surface area contributed by atoms with Gasteiger partial charge < -0.3 is 4.98 Å². The Bertz CT molecular complexity index is 316. The number of hydrogen-bond acceptors (Lipinski definition) is 1. The van der Waals surface area contributed by atoms with E-state index in [1.807, 2.05) is 0 Å². The number of nitrogens with one attached hydrogen (secondary N) is 1. The summed E-state index contributed by atoms with van der Waals surface area (Å²) in [4.78, 5) is 11.2. The summed E-state index contributed by atoms with van der Waals surface area (Å²) in [5, 5.41) is 0. The maximum Gasteiger partial charge on any atom is 0.259 e. The molecule has 0 aliphatic heterocycles. The van der Waals surface area contributed by atoms with Crippen LogP contribution in [0, 0.1) is 23.5 Å². The summed E-state index contributed by atoms with van der Waals surface area (Å²) < 4.78 is 48.1. The van der Waals surface area contributed by atoms with Gasteiger partial charge in [0.15, 0.2) is 0 Å². The minimum atomic E-state index is -1.95. The van der Waals surface area contributed by atoms with Gasteiger partial charge in [0.25, 0.3) is 5.43 Å². The van der Waals surface area contributed by atoms with Gasteiger partial charge in [-0.2, -0.15) is 17.6 Å². The highest BCUT2D eigenvalue weighted by Crippen LogP contribution is 2.01. The molecular formula is C5HF4NO. The van der Waals surface area contributed by atoms with Crippen molar-refractivity contribution in [1.82, 2.24) is 4.98 Å². The second-order valence-electron chi connectivity index (χ2n) is 1.71. The van der Waals surface area contributed by atoms with E-state index in [9.17, 15) is 22.4 Å². The van der Waals surface area contributed by atoms with Crippen molar-refractivity contribution in [3.63, 3.8) is 0 Å². The molecule has 0 saturated heterocycles. The summed E-state index contributed by atoms with van der Waals surface area (Å²) in [6, 6.07) is 0. The van der Waals surface area contributed by atoms with Crippen LogP contribution in [0.3, 0.4) is 0 Å². The maximum absolute atomic E-state index is 12.0. The molecule has 0 aliphatic rings. The van der Waals surface area contributed by atoms with Crippen molar-refractivity contribution < 1.29 is 17.6 Å². The summed E-state index contributed by atoms with van der Waals surface area (Å²) in [6.45, 7) is 0. The number of H-pyrrole nitrogens is 1. The van der Waals surface area contributed by atoms with Crippen LogP contribution in [0.4, 0.5) is 17.6 Å². The Morgan fingerprint density at radius 2 is 1.27 bits per heavy atom. The third-order valence-corrected chi connectivity index (χ3v) is 1.00. The molecule has 60 valence electrons. The molecule has 0 unspecified atom stereocenters. The molecule has 0 spiro atoms. The fraction of sp³-hybridized carbons (Fsp3) is 0. The highest BCUT2D eigenvalue weighted by Gasteiger charge is 2.16. The lowest BCUT2D eigenvalue weighted by Crippen LogP contribution is -2.17. The van der Waals surface area contributed by atoms with Crippen molar-refractivity contribution >= 4 is 0 Å². The van der Waals surface area contributed by atoms with E-state index in [1.165, 1.54) is 0 Å². The van der Waals surface area contributed by atoms with Gasteiger partial charge in [0.1, 0.15) is 0 Å². The minimum absolute atomic E-state index is 1.06. The van der Waals surface area contributed by atoms with Gasteiger partial charge in [-0.05, 0) is 0 Å². The zero-order valence-electron chi connectivity index (χ0n) is 4.92. The SMILES string of the molecule is O=c1c(F)c(F)[nH]c(F)c1F. The molecule has 0 fully saturated rings. The summed E-state index contributed by atoms with van der Waals surface area (Å²) in [6.07, 6.45) is 0. The van der Waals surface area contributed by atoms with E-state index in [0.29, 0.717) is 0 Å². The Kier molecular flexibility index (Phi) is 1.67. The Morgan fingerprint density at radius 1 is 0.909 bits per heavy atom. The average Bonchev–Trinajstić information content (AvgIpc) is 1.97. The monoisotopic (exact) mass is 167 g/mol. The van der Waals surface area contributed by atoms with E-state index in [2.05, 4.69) is 0 Å². The lowest BCUT2D eigenvalue weighted by Gasteiger charge is -1.93. The van der Waals surface area contributed by atoms with Crippen molar-refractivity contribution in [3.05, 3.63) is 33.8 Å². The van der Waals surface area contributed by atoms with E-state index >= 15 is 0 Å². The molecule has 2 nitrogen and oxygen atoms in total. The average molecular weight is 167 g/mol. The highest BCUT2D eigenvalue weighted by atomic mass is 19.2. The second kappa shape index (κ2) is 2.37. The van der Waals surface area contributed by atoms with Gasteiger partial charge in [-0.3, -0.25) is 4.79 Å². The van der Waals surface area contributed by atoms with Crippen LogP contribution in [-0.2, 0) is 0 Å². The fourth-order valence-corrected chi connectivity index (χ4v) is 0.502. The highest BCUT2D eigenvalue weighted by molar-refractivity contribution is 5.01. The molecule has 1 N–H and O–H groups in total. The first-order valence-corrected chi connectivity index (χ1v) is 2.46. The quantitative estimate of drug-likeness (QED) is 0.452. The fourth-order valence-electron chi connectivity index (χ4n) is 0.502. The van der Waals surface area contributed by atoms with E-state index in [4.69, 9.17) is 0 Å². The van der Waals surface area contributed by atoms with Gasteiger partial charge in [0, 0.05) is 0 Å². The van der Waals surface area contributed by atoms with Gasteiger partial charge in [-0.1, -0.05) is 0 Å². The van der Waals surface area contributed by atoms with E-state index in [0.717, 1.165) is 4.98 Å². The van der Waals surface area contributed by atoms with Crippen LogP contribution in [0.25, 0.3) is 0 Å². The molecule has 0 bridgehead atoms. The first-order chi connectivity index (χ1) is 5.04. The molecule has 0 aromatic carbocycles. The maximum atomic E-state index is 12.0. The van der Waals surface area contributed by atoms with Crippen LogP contribution >= 0.6 is 0 Å². The van der Waals surface area contributed by atoms with Gasteiger partial charge in [0.05, 0.1) is 0 Å². The second-order valence-corrected chi connectivity index (χ2v) is 1.71. The van der Waals surface area contributed by atoms with Crippen molar-refractivity contribution in [2.45, 2.75) is 0 Å². The molecule has 0 atom stereocenters.